The number of carbonyl (C=O) groups excluding carboxylic acids is 2. The van der Waals surface area contributed by atoms with Gasteiger partial charge in [0.1, 0.15) is 6.61 Å². The molecule has 1 atom stereocenters. The molecule has 33 heavy (non-hydrogen) atoms. The van der Waals surface area contributed by atoms with Crippen LogP contribution in [0.2, 0.25) is 0 Å². The number of nitrogens with zero attached hydrogens (tertiary/aromatic N) is 3. The van der Waals surface area contributed by atoms with Gasteiger partial charge in [-0.1, -0.05) is 18.2 Å². The van der Waals surface area contributed by atoms with Gasteiger partial charge in [-0.05, 0) is 74.5 Å². The molecule has 2 aliphatic rings. The number of aromatic nitrogens is 1. The number of nitrogens with one attached hydrogen (secondary N) is 1. The van der Waals surface area contributed by atoms with Gasteiger partial charge < -0.3 is 19.9 Å². The molecular weight excluding hydrogens is 416 g/mol. The van der Waals surface area contributed by atoms with E-state index in [0.717, 1.165) is 37.9 Å². The summed E-state index contributed by atoms with van der Waals surface area (Å²) >= 11 is 0. The third-order valence-electron chi connectivity index (χ3n) is 6.41. The second-order valence-corrected chi connectivity index (χ2v) is 9.01. The van der Waals surface area contributed by atoms with Gasteiger partial charge in [0.05, 0.1) is 6.61 Å². The fourth-order valence-corrected chi connectivity index (χ4v) is 4.58. The van der Waals surface area contributed by atoms with Crippen molar-refractivity contribution in [3.05, 3.63) is 65.5 Å². The lowest BCUT2D eigenvalue weighted by atomic mass is 10.0. The Morgan fingerprint density at radius 2 is 1.85 bits per heavy atom. The van der Waals surface area contributed by atoms with Gasteiger partial charge in [-0.25, -0.2) is 0 Å². The predicted octanol–water partition coefficient (Wildman–Crippen LogP) is 2.66. The number of likely N-dealkylation sites (tertiary alicyclic amines) is 2. The lowest BCUT2D eigenvalue weighted by Gasteiger charge is -2.33. The van der Waals surface area contributed by atoms with E-state index in [9.17, 15) is 9.59 Å². The Morgan fingerprint density at radius 1 is 1.03 bits per heavy atom. The van der Waals surface area contributed by atoms with Gasteiger partial charge in [0, 0.05) is 43.6 Å². The van der Waals surface area contributed by atoms with Crippen LogP contribution in [0.3, 0.4) is 0 Å². The van der Waals surface area contributed by atoms with Crippen LogP contribution < -0.4 is 5.32 Å². The molecular formula is C26H34N4O3. The van der Waals surface area contributed by atoms with Crippen LogP contribution in [-0.4, -0.2) is 72.0 Å². The largest absolute Gasteiger partial charge is 0.367 e. The first-order valence-electron chi connectivity index (χ1n) is 12.0. The molecule has 2 aliphatic heterocycles. The van der Waals surface area contributed by atoms with E-state index < -0.39 is 0 Å². The second kappa shape index (κ2) is 11.9. The summed E-state index contributed by atoms with van der Waals surface area (Å²) in [7, 11) is 0. The third kappa shape index (κ3) is 7.11. The molecule has 2 aromatic rings. The Morgan fingerprint density at radius 3 is 2.61 bits per heavy atom. The average Bonchev–Trinajstić information content (AvgIpc) is 3.37. The lowest BCUT2D eigenvalue weighted by molar-refractivity contribution is -0.127. The molecule has 0 bridgehead atoms. The number of amides is 2. The molecule has 1 aromatic heterocycles. The Labute approximate surface area is 196 Å². The van der Waals surface area contributed by atoms with Gasteiger partial charge in [0.25, 0.3) is 5.91 Å². The molecule has 0 aliphatic carbocycles. The van der Waals surface area contributed by atoms with E-state index in [1.54, 1.807) is 12.4 Å². The van der Waals surface area contributed by atoms with E-state index in [4.69, 9.17) is 4.74 Å². The number of piperidine rings is 1. The van der Waals surface area contributed by atoms with E-state index in [-0.39, 0.29) is 24.5 Å². The standard InChI is InChI=1S/C26H34N4O3/c31-25(20-33-19-22-5-3-12-27-17-22)28-24-6-4-15-30(18-24)26(32)23-9-7-21(8-10-23)11-16-29-13-1-2-14-29/h3,5,7-10,12,17,24H,1-2,4,6,11,13-16,18-20H2,(H,28,31). The third-order valence-corrected chi connectivity index (χ3v) is 6.41. The molecule has 1 aromatic carbocycles. The van der Waals surface area contributed by atoms with Crippen molar-refractivity contribution in [2.45, 2.75) is 44.8 Å². The van der Waals surface area contributed by atoms with Crippen molar-refractivity contribution in [2.75, 3.05) is 39.3 Å². The molecule has 0 spiro atoms. The van der Waals surface area contributed by atoms with Crippen LogP contribution in [0.25, 0.3) is 0 Å². The number of pyridine rings is 1. The summed E-state index contributed by atoms with van der Waals surface area (Å²) < 4.78 is 5.49. The summed E-state index contributed by atoms with van der Waals surface area (Å²) in [5, 5.41) is 3.02. The van der Waals surface area contributed by atoms with Gasteiger partial charge in [-0.15, -0.1) is 0 Å². The number of rotatable bonds is 9. The van der Waals surface area contributed by atoms with Crippen molar-refractivity contribution >= 4 is 11.8 Å². The number of hydrogen-bond acceptors (Lipinski definition) is 5. The first kappa shape index (κ1) is 23.4. The summed E-state index contributed by atoms with van der Waals surface area (Å²) in [5.41, 5.74) is 2.92. The molecule has 1 unspecified atom stereocenters. The van der Waals surface area contributed by atoms with E-state index in [1.807, 2.05) is 29.2 Å². The van der Waals surface area contributed by atoms with Crippen LogP contribution in [0.4, 0.5) is 0 Å². The number of benzene rings is 1. The first-order valence-corrected chi connectivity index (χ1v) is 12.0. The Bertz CT molecular complexity index is 898. The highest BCUT2D eigenvalue weighted by molar-refractivity contribution is 5.94. The normalized spacial score (nSPS) is 18.9. The van der Waals surface area contributed by atoms with Crippen molar-refractivity contribution in [3.63, 3.8) is 0 Å². The van der Waals surface area contributed by atoms with E-state index in [1.165, 1.54) is 31.5 Å². The van der Waals surface area contributed by atoms with Crippen molar-refractivity contribution in [2.24, 2.45) is 0 Å². The van der Waals surface area contributed by atoms with E-state index in [2.05, 4.69) is 27.3 Å². The molecule has 176 valence electrons. The summed E-state index contributed by atoms with van der Waals surface area (Å²) in [6.45, 7) is 5.11. The smallest absolute Gasteiger partial charge is 0.253 e. The van der Waals surface area contributed by atoms with E-state index >= 15 is 0 Å². The van der Waals surface area contributed by atoms with Crippen LogP contribution in [0, 0.1) is 0 Å². The monoisotopic (exact) mass is 450 g/mol. The minimum absolute atomic E-state index is 0.00175. The van der Waals surface area contributed by atoms with Crippen LogP contribution in [-0.2, 0) is 22.6 Å². The summed E-state index contributed by atoms with van der Waals surface area (Å²) in [5.74, 6) is -0.117. The highest BCUT2D eigenvalue weighted by Gasteiger charge is 2.25. The zero-order valence-corrected chi connectivity index (χ0v) is 19.2. The maximum atomic E-state index is 13.0. The molecule has 1 N–H and O–H groups in total. The second-order valence-electron chi connectivity index (χ2n) is 9.01. The quantitative estimate of drug-likeness (QED) is 0.636. The molecule has 0 radical (unpaired) electrons. The zero-order valence-electron chi connectivity index (χ0n) is 19.2. The maximum absolute atomic E-state index is 13.0. The minimum atomic E-state index is -0.152. The Hall–Kier alpha value is -2.77. The number of ether oxygens (including phenoxy) is 1. The fourth-order valence-electron chi connectivity index (χ4n) is 4.58. The predicted molar refractivity (Wildman–Crippen MR) is 127 cm³/mol. The highest BCUT2D eigenvalue weighted by atomic mass is 16.5. The van der Waals surface area contributed by atoms with Gasteiger partial charge in [-0.3, -0.25) is 14.6 Å². The topological polar surface area (TPSA) is 74.8 Å². The molecule has 7 heteroatoms. The molecule has 2 amide bonds. The van der Waals surface area contributed by atoms with Crippen molar-refractivity contribution < 1.29 is 14.3 Å². The lowest BCUT2D eigenvalue weighted by Crippen LogP contribution is -2.50. The highest BCUT2D eigenvalue weighted by Crippen LogP contribution is 2.16. The maximum Gasteiger partial charge on any atom is 0.253 e. The van der Waals surface area contributed by atoms with Crippen LogP contribution in [0.1, 0.15) is 47.2 Å². The van der Waals surface area contributed by atoms with Crippen LogP contribution in [0.15, 0.2) is 48.8 Å². The van der Waals surface area contributed by atoms with Crippen molar-refractivity contribution in [1.82, 2.24) is 20.1 Å². The van der Waals surface area contributed by atoms with E-state index in [0.29, 0.717) is 18.7 Å². The average molecular weight is 451 g/mol. The van der Waals surface area contributed by atoms with Gasteiger partial charge >= 0.3 is 0 Å². The van der Waals surface area contributed by atoms with Crippen LogP contribution in [0.5, 0.6) is 0 Å². The summed E-state index contributed by atoms with van der Waals surface area (Å²) in [6.07, 6.45) is 8.81. The molecule has 2 fully saturated rings. The molecule has 2 saturated heterocycles. The minimum Gasteiger partial charge on any atom is -0.367 e. The fraction of sp³-hybridized carbons (Fsp3) is 0.500. The summed E-state index contributed by atoms with van der Waals surface area (Å²) in [6, 6.07) is 11.7. The zero-order chi connectivity index (χ0) is 22.9. The van der Waals surface area contributed by atoms with Gasteiger partial charge in [-0.2, -0.15) is 0 Å². The molecule has 0 saturated carbocycles. The first-order chi connectivity index (χ1) is 16.2. The molecule has 4 rings (SSSR count). The molecule has 3 heterocycles. The number of carbonyl (C=O) groups is 2. The van der Waals surface area contributed by atoms with Crippen LogP contribution >= 0.6 is 0 Å². The van der Waals surface area contributed by atoms with Gasteiger partial charge in [0.2, 0.25) is 5.91 Å². The Balaban J connectivity index is 1.21. The SMILES string of the molecule is O=C(COCc1cccnc1)NC1CCCN(C(=O)c2ccc(CCN3CCCC3)cc2)C1. The number of hydrogen-bond donors (Lipinski definition) is 1. The van der Waals surface area contributed by atoms with Crippen molar-refractivity contribution in [1.29, 1.82) is 0 Å². The van der Waals surface area contributed by atoms with Gasteiger partial charge in [0.15, 0.2) is 0 Å². The summed E-state index contributed by atoms with van der Waals surface area (Å²) in [4.78, 5) is 33.7. The molecule has 7 nitrogen and oxygen atoms in total. The van der Waals surface area contributed by atoms with Crippen molar-refractivity contribution in [3.8, 4) is 0 Å². The Kier molecular flexibility index (Phi) is 8.44.